The molecule has 1 heterocycles. The number of nitrogens with one attached hydrogen (secondary N) is 1. The van der Waals surface area contributed by atoms with Gasteiger partial charge in [-0.05, 0) is 37.3 Å². The number of hydrogen-bond acceptors (Lipinski definition) is 4. The molecule has 0 aliphatic carbocycles. The lowest BCUT2D eigenvalue weighted by Crippen LogP contribution is -2.44. The second-order valence-corrected chi connectivity index (χ2v) is 5.63. The average molecular weight is 278 g/mol. The van der Waals surface area contributed by atoms with Crippen LogP contribution in [0.4, 0.5) is 0 Å². The molecule has 2 rings (SSSR count). The highest BCUT2D eigenvalue weighted by molar-refractivity contribution is 5.16. The summed E-state index contributed by atoms with van der Waals surface area (Å²) in [5.74, 6) is 0.668. The van der Waals surface area contributed by atoms with Gasteiger partial charge in [-0.2, -0.15) is 0 Å². The number of rotatable bonds is 7. The van der Waals surface area contributed by atoms with E-state index in [0.29, 0.717) is 18.9 Å². The summed E-state index contributed by atoms with van der Waals surface area (Å²) < 4.78 is 5.33. The van der Waals surface area contributed by atoms with E-state index in [4.69, 9.17) is 10.5 Å². The van der Waals surface area contributed by atoms with E-state index in [0.717, 1.165) is 32.6 Å². The summed E-state index contributed by atoms with van der Waals surface area (Å²) >= 11 is 0. The zero-order valence-electron chi connectivity index (χ0n) is 12.0. The third kappa shape index (κ3) is 5.21. The monoisotopic (exact) mass is 278 g/mol. The molecule has 1 aliphatic heterocycles. The van der Waals surface area contributed by atoms with Crippen LogP contribution in [0.3, 0.4) is 0 Å². The number of aliphatic hydroxyl groups excluding tert-OH is 1. The summed E-state index contributed by atoms with van der Waals surface area (Å²) in [4.78, 5) is 0. The number of nitrogens with two attached hydrogens (primary N) is 1. The highest BCUT2D eigenvalue weighted by Crippen LogP contribution is 2.13. The van der Waals surface area contributed by atoms with Gasteiger partial charge in [0.15, 0.2) is 0 Å². The molecule has 0 spiro atoms. The molecule has 1 fully saturated rings. The average Bonchev–Trinajstić information content (AvgIpc) is 2.49. The molecule has 4 nitrogen and oxygen atoms in total. The van der Waals surface area contributed by atoms with Gasteiger partial charge >= 0.3 is 0 Å². The van der Waals surface area contributed by atoms with Crippen molar-refractivity contribution < 1.29 is 9.84 Å². The van der Waals surface area contributed by atoms with Crippen molar-refractivity contribution in [2.75, 3.05) is 26.3 Å². The third-order valence-corrected chi connectivity index (χ3v) is 3.94. The molecule has 1 aliphatic rings. The molecular formula is C16H26N2O2. The van der Waals surface area contributed by atoms with Crippen LogP contribution in [0.2, 0.25) is 0 Å². The first-order chi connectivity index (χ1) is 9.75. The van der Waals surface area contributed by atoms with E-state index in [1.165, 1.54) is 5.56 Å². The first-order valence-electron chi connectivity index (χ1n) is 7.51. The van der Waals surface area contributed by atoms with Crippen molar-refractivity contribution in [3.05, 3.63) is 35.9 Å². The lowest BCUT2D eigenvalue weighted by atomic mass is 9.99. The summed E-state index contributed by atoms with van der Waals surface area (Å²) in [6.07, 6.45) is 2.43. The molecule has 0 aromatic heterocycles. The Morgan fingerprint density at radius 1 is 1.25 bits per heavy atom. The van der Waals surface area contributed by atoms with Crippen molar-refractivity contribution in [1.82, 2.24) is 5.32 Å². The predicted octanol–water partition coefficient (Wildman–Crippen LogP) is 0.933. The molecular weight excluding hydrogens is 252 g/mol. The Balaban J connectivity index is 1.64. The Hall–Kier alpha value is -0.940. The number of hydrogen-bond donors (Lipinski definition) is 3. The maximum atomic E-state index is 10.1. The smallest absolute Gasteiger partial charge is 0.0818 e. The summed E-state index contributed by atoms with van der Waals surface area (Å²) in [5.41, 5.74) is 7.23. The van der Waals surface area contributed by atoms with Gasteiger partial charge in [0, 0.05) is 25.8 Å². The van der Waals surface area contributed by atoms with Gasteiger partial charge in [-0.15, -0.1) is 0 Å². The highest BCUT2D eigenvalue weighted by atomic mass is 16.5. The minimum absolute atomic E-state index is 0.223. The van der Waals surface area contributed by atoms with Gasteiger partial charge in [-0.3, -0.25) is 0 Å². The van der Waals surface area contributed by atoms with E-state index in [2.05, 4.69) is 5.32 Å². The van der Waals surface area contributed by atoms with Gasteiger partial charge in [0.25, 0.3) is 0 Å². The Morgan fingerprint density at radius 3 is 2.65 bits per heavy atom. The van der Waals surface area contributed by atoms with Crippen LogP contribution in [-0.2, 0) is 11.2 Å². The molecule has 1 aromatic rings. The lowest BCUT2D eigenvalue weighted by Gasteiger charge is -2.24. The summed E-state index contributed by atoms with van der Waals surface area (Å²) in [7, 11) is 0. The van der Waals surface area contributed by atoms with Crippen molar-refractivity contribution in [1.29, 1.82) is 0 Å². The first-order valence-corrected chi connectivity index (χ1v) is 7.51. The van der Waals surface area contributed by atoms with Crippen LogP contribution in [0.15, 0.2) is 30.3 Å². The van der Waals surface area contributed by atoms with Crippen LogP contribution in [-0.4, -0.2) is 43.6 Å². The Morgan fingerprint density at radius 2 is 1.95 bits per heavy atom. The molecule has 20 heavy (non-hydrogen) atoms. The fourth-order valence-electron chi connectivity index (χ4n) is 2.56. The summed E-state index contributed by atoms with van der Waals surface area (Å²) in [6, 6.07) is 9.85. The number of ether oxygens (including phenoxy) is 1. The van der Waals surface area contributed by atoms with E-state index in [9.17, 15) is 5.11 Å². The van der Waals surface area contributed by atoms with Gasteiger partial charge in [0.2, 0.25) is 0 Å². The molecule has 0 unspecified atom stereocenters. The molecule has 0 amide bonds. The van der Waals surface area contributed by atoms with Crippen LogP contribution >= 0.6 is 0 Å². The Labute approximate surface area is 121 Å². The molecule has 1 aromatic carbocycles. The first kappa shape index (κ1) is 15.4. The van der Waals surface area contributed by atoms with Crippen molar-refractivity contribution in [2.45, 2.75) is 31.4 Å². The maximum Gasteiger partial charge on any atom is 0.0818 e. The molecule has 112 valence electrons. The molecule has 0 saturated carbocycles. The third-order valence-electron chi connectivity index (χ3n) is 3.94. The fraction of sp³-hybridized carbons (Fsp3) is 0.625. The topological polar surface area (TPSA) is 67.5 Å². The summed E-state index contributed by atoms with van der Waals surface area (Å²) in [5, 5.41) is 13.4. The van der Waals surface area contributed by atoms with E-state index in [-0.39, 0.29) is 6.04 Å². The van der Waals surface area contributed by atoms with Crippen LogP contribution in [0, 0.1) is 5.92 Å². The largest absolute Gasteiger partial charge is 0.390 e. The summed E-state index contributed by atoms with van der Waals surface area (Å²) in [6.45, 7) is 3.23. The zero-order valence-corrected chi connectivity index (χ0v) is 12.0. The Kier molecular flexibility index (Phi) is 6.47. The second-order valence-electron chi connectivity index (χ2n) is 5.63. The highest BCUT2D eigenvalue weighted by Gasteiger charge is 2.17. The van der Waals surface area contributed by atoms with Crippen molar-refractivity contribution >= 4 is 0 Å². The molecule has 2 atom stereocenters. The predicted molar refractivity (Wildman–Crippen MR) is 80.5 cm³/mol. The van der Waals surface area contributed by atoms with Crippen molar-refractivity contribution in [3.8, 4) is 0 Å². The van der Waals surface area contributed by atoms with E-state index in [1.807, 2.05) is 30.3 Å². The van der Waals surface area contributed by atoms with Gasteiger partial charge < -0.3 is 20.9 Å². The van der Waals surface area contributed by atoms with Crippen molar-refractivity contribution in [2.24, 2.45) is 11.7 Å². The zero-order chi connectivity index (χ0) is 14.2. The number of benzene rings is 1. The minimum atomic E-state index is -0.505. The quantitative estimate of drug-likeness (QED) is 0.694. The van der Waals surface area contributed by atoms with E-state index in [1.54, 1.807) is 0 Å². The van der Waals surface area contributed by atoms with Crippen LogP contribution in [0.25, 0.3) is 0 Å². The maximum absolute atomic E-state index is 10.1. The van der Waals surface area contributed by atoms with Gasteiger partial charge in [-0.25, -0.2) is 0 Å². The molecule has 0 radical (unpaired) electrons. The van der Waals surface area contributed by atoms with Crippen molar-refractivity contribution in [3.63, 3.8) is 0 Å². The normalized spacial score (nSPS) is 19.7. The van der Waals surface area contributed by atoms with Crippen LogP contribution in [0.1, 0.15) is 18.4 Å². The van der Waals surface area contributed by atoms with Gasteiger partial charge in [0.05, 0.1) is 6.10 Å². The van der Waals surface area contributed by atoms with Crippen LogP contribution < -0.4 is 11.1 Å². The lowest BCUT2D eigenvalue weighted by molar-refractivity contribution is 0.0643. The SMILES string of the molecule is N[C@@H](Cc1ccccc1)[C@H](O)CNCC1CCOCC1. The van der Waals surface area contributed by atoms with E-state index >= 15 is 0 Å². The molecule has 0 bridgehead atoms. The fourth-order valence-corrected chi connectivity index (χ4v) is 2.56. The second kappa shape index (κ2) is 8.37. The van der Waals surface area contributed by atoms with Gasteiger partial charge in [-0.1, -0.05) is 30.3 Å². The van der Waals surface area contributed by atoms with Crippen LogP contribution in [0.5, 0.6) is 0 Å². The molecule has 4 heteroatoms. The van der Waals surface area contributed by atoms with E-state index < -0.39 is 6.10 Å². The van der Waals surface area contributed by atoms with Gasteiger partial charge in [0.1, 0.15) is 0 Å². The Bertz CT molecular complexity index is 366. The molecule has 4 N–H and O–H groups in total. The molecule has 1 saturated heterocycles. The standard InChI is InChI=1S/C16H26N2O2/c17-15(10-13-4-2-1-3-5-13)16(19)12-18-11-14-6-8-20-9-7-14/h1-5,14-16,18-19H,6-12,17H2/t15-,16+/m0/s1. The number of aliphatic hydroxyl groups is 1. The minimum Gasteiger partial charge on any atom is -0.390 e.